The monoisotopic (exact) mass is 441 g/mol. The maximum absolute atomic E-state index is 10.5. The van der Waals surface area contributed by atoms with Gasteiger partial charge in [0.2, 0.25) is 0 Å². The van der Waals surface area contributed by atoms with Crippen LogP contribution < -0.4 is 5.73 Å². The van der Waals surface area contributed by atoms with Gasteiger partial charge in [0.05, 0.1) is 6.61 Å². The van der Waals surface area contributed by atoms with Crippen molar-refractivity contribution < 1.29 is 49.6 Å². The molecule has 172 valence electrons. The lowest BCUT2D eigenvalue weighted by atomic mass is 9.97. The summed E-state index contributed by atoms with van der Waals surface area (Å²) in [6.45, 7) is 6.19. The van der Waals surface area contributed by atoms with Gasteiger partial charge >= 0.3 is 0 Å². The highest BCUT2D eigenvalue weighted by molar-refractivity contribution is 6.76. The Balaban J connectivity index is 2.03. The van der Waals surface area contributed by atoms with Crippen molar-refractivity contribution >= 4 is 8.07 Å². The molecule has 2 rings (SSSR count). The summed E-state index contributed by atoms with van der Waals surface area (Å²) < 4.78 is 22.1. The summed E-state index contributed by atoms with van der Waals surface area (Å²) >= 11 is 0. The Morgan fingerprint density at radius 2 is 1.41 bits per heavy atom. The summed E-state index contributed by atoms with van der Waals surface area (Å²) in [5.41, 5.74) is 5.72. The average Bonchev–Trinajstić information content (AvgIpc) is 2.66. The van der Waals surface area contributed by atoms with Crippen LogP contribution in [0.2, 0.25) is 25.7 Å². The fourth-order valence-electron chi connectivity index (χ4n) is 3.22. The Hall–Kier alpha value is -0.223. The van der Waals surface area contributed by atoms with Crippen molar-refractivity contribution in [2.75, 3.05) is 19.8 Å². The zero-order valence-corrected chi connectivity index (χ0v) is 18.0. The molecule has 11 nitrogen and oxygen atoms in total. The number of hydrogen-bond donors (Lipinski definition) is 7. The van der Waals surface area contributed by atoms with Crippen LogP contribution in [0.3, 0.4) is 0 Å². The molecule has 0 radical (unpaired) electrons. The summed E-state index contributed by atoms with van der Waals surface area (Å²) in [7, 11) is -1.36. The maximum atomic E-state index is 10.5. The van der Waals surface area contributed by atoms with Crippen LogP contribution in [0.1, 0.15) is 0 Å². The van der Waals surface area contributed by atoms with Gasteiger partial charge in [0.25, 0.3) is 0 Å². The quantitative estimate of drug-likeness (QED) is 0.190. The second kappa shape index (κ2) is 10.4. The molecule has 0 aromatic carbocycles. The van der Waals surface area contributed by atoms with Gasteiger partial charge in [0, 0.05) is 21.2 Å². The minimum atomic E-state index is -1.65. The number of aliphatic hydroxyl groups is 6. The van der Waals surface area contributed by atoms with Crippen LogP contribution in [-0.4, -0.2) is 120 Å². The average molecular weight is 442 g/mol. The molecule has 12 heteroatoms. The smallest absolute Gasteiger partial charge is 0.187 e. The third-order valence-corrected chi connectivity index (χ3v) is 6.85. The molecule has 0 aromatic heterocycles. The zero-order chi connectivity index (χ0) is 21.9. The van der Waals surface area contributed by atoms with E-state index in [0.29, 0.717) is 6.61 Å². The fourth-order valence-corrected chi connectivity index (χ4v) is 3.95. The van der Waals surface area contributed by atoms with Crippen molar-refractivity contribution in [2.24, 2.45) is 5.73 Å². The molecule has 0 spiro atoms. The number of hydrogen-bond acceptors (Lipinski definition) is 11. The van der Waals surface area contributed by atoms with E-state index in [4.69, 9.17) is 24.7 Å². The fraction of sp³-hybridized carbons (Fsp3) is 1.00. The number of rotatable bonds is 8. The summed E-state index contributed by atoms with van der Waals surface area (Å²) in [4.78, 5) is 0. The van der Waals surface area contributed by atoms with Gasteiger partial charge in [-0.3, -0.25) is 0 Å². The first-order valence-corrected chi connectivity index (χ1v) is 13.5. The molecule has 2 aliphatic rings. The van der Waals surface area contributed by atoms with Crippen LogP contribution in [0.25, 0.3) is 0 Å². The minimum absolute atomic E-state index is 0.0836. The van der Waals surface area contributed by atoms with Gasteiger partial charge in [-0.1, -0.05) is 19.6 Å². The third-order valence-electron chi connectivity index (χ3n) is 5.15. The van der Waals surface area contributed by atoms with E-state index in [1.165, 1.54) is 0 Å². The predicted octanol–water partition coefficient (Wildman–Crippen LogP) is -3.07. The van der Waals surface area contributed by atoms with Crippen LogP contribution in [0.5, 0.6) is 0 Å². The molecule has 2 aliphatic heterocycles. The molecule has 0 aromatic rings. The Labute approximate surface area is 171 Å². The normalized spacial score (nSPS) is 44.1. The highest BCUT2D eigenvalue weighted by Gasteiger charge is 2.50. The van der Waals surface area contributed by atoms with Crippen LogP contribution in [0, 0.1) is 0 Å². The molecular weight excluding hydrogens is 406 g/mol. The van der Waals surface area contributed by atoms with Gasteiger partial charge in [0.15, 0.2) is 12.6 Å². The van der Waals surface area contributed by atoms with Crippen molar-refractivity contribution in [3.63, 3.8) is 0 Å². The molecule has 2 saturated heterocycles. The van der Waals surface area contributed by atoms with Gasteiger partial charge in [-0.15, -0.1) is 0 Å². The van der Waals surface area contributed by atoms with E-state index in [0.717, 1.165) is 6.04 Å². The van der Waals surface area contributed by atoms with E-state index in [-0.39, 0.29) is 6.54 Å². The second-order valence-electron chi connectivity index (χ2n) is 8.74. The Kier molecular flexibility index (Phi) is 8.97. The molecule has 8 N–H and O–H groups in total. The minimum Gasteiger partial charge on any atom is -0.394 e. The Morgan fingerprint density at radius 1 is 0.828 bits per heavy atom. The molecular formula is C17H35NO10Si. The second-order valence-corrected chi connectivity index (χ2v) is 14.4. The Morgan fingerprint density at radius 3 is 1.97 bits per heavy atom. The molecule has 2 heterocycles. The number of ether oxygens (including phenoxy) is 4. The summed E-state index contributed by atoms with van der Waals surface area (Å²) in [6, 6.07) is 0.841. The van der Waals surface area contributed by atoms with E-state index in [2.05, 4.69) is 19.6 Å². The first-order valence-electron chi connectivity index (χ1n) is 9.79. The van der Waals surface area contributed by atoms with Crippen LogP contribution in [0.15, 0.2) is 0 Å². The molecule has 0 amide bonds. The van der Waals surface area contributed by atoms with Crippen LogP contribution in [0.4, 0.5) is 0 Å². The van der Waals surface area contributed by atoms with Crippen molar-refractivity contribution in [3.05, 3.63) is 0 Å². The van der Waals surface area contributed by atoms with Gasteiger partial charge < -0.3 is 55.3 Å². The van der Waals surface area contributed by atoms with Gasteiger partial charge in [-0.05, 0) is 6.04 Å². The SMILES string of the molecule is C[Si](C)(C)CCO[C@@H]1O[C@H](CN)[C@H](O[C@H]2O[C@H](CO)[C@H](O)[C@H](O)[C@H]2O)[C@H](O)[C@H]1O. The summed E-state index contributed by atoms with van der Waals surface area (Å²) in [5.74, 6) is 0. The first-order chi connectivity index (χ1) is 13.5. The molecule has 10 atom stereocenters. The molecule has 0 aliphatic carbocycles. The van der Waals surface area contributed by atoms with Gasteiger partial charge in [-0.25, -0.2) is 0 Å². The lowest BCUT2D eigenvalue weighted by Crippen LogP contribution is -2.65. The van der Waals surface area contributed by atoms with Gasteiger partial charge in [0.1, 0.15) is 48.8 Å². The van der Waals surface area contributed by atoms with Crippen molar-refractivity contribution in [3.8, 4) is 0 Å². The van der Waals surface area contributed by atoms with E-state index in [1.807, 2.05) is 0 Å². The van der Waals surface area contributed by atoms with Crippen molar-refractivity contribution in [2.45, 2.75) is 87.1 Å². The van der Waals surface area contributed by atoms with E-state index in [9.17, 15) is 30.6 Å². The topological polar surface area (TPSA) is 184 Å². The number of nitrogens with two attached hydrogens (primary N) is 1. The molecule has 29 heavy (non-hydrogen) atoms. The Bertz CT molecular complexity index is 505. The highest BCUT2D eigenvalue weighted by Crippen LogP contribution is 2.29. The van der Waals surface area contributed by atoms with E-state index < -0.39 is 76.1 Å². The first kappa shape index (κ1) is 25.0. The summed E-state index contributed by atoms with van der Waals surface area (Å²) in [6.07, 6.45) is -13.6. The van der Waals surface area contributed by atoms with Gasteiger partial charge in [-0.2, -0.15) is 0 Å². The van der Waals surface area contributed by atoms with E-state index >= 15 is 0 Å². The lowest BCUT2D eigenvalue weighted by Gasteiger charge is -2.46. The van der Waals surface area contributed by atoms with E-state index in [1.54, 1.807) is 0 Å². The van der Waals surface area contributed by atoms with Crippen LogP contribution >= 0.6 is 0 Å². The van der Waals surface area contributed by atoms with Crippen molar-refractivity contribution in [1.29, 1.82) is 0 Å². The lowest BCUT2D eigenvalue weighted by molar-refractivity contribution is -0.355. The largest absolute Gasteiger partial charge is 0.394 e. The maximum Gasteiger partial charge on any atom is 0.187 e. The number of aliphatic hydroxyl groups excluding tert-OH is 6. The third kappa shape index (κ3) is 6.15. The molecule has 2 fully saturated rings. The van der Waals surface area contributed by atoms with Crippen LogP contribution in [-0.2, 0) is 18.9 Å². The standard InChI is InChI=1S/C17H35NO10Si/c1-29(2,3)5-4-25-16-14(24)12(22)15(8(6-18)26-16)28-17-13(23)11(21)10(20)9(7-19)27-17/h8-17,19-24H,4-7,18H2,1-3H3/t8-,9-,10+,11+,12-,13-,14-,15+,16-,17-/m1/s1. The molecule has 0 unspecified atom stereocenters. The zero-order valence-electron chi connectivity index (χ0n) is 17.0. The summed E-state index contributed by atoms with van der Waals surface area (Å²) in [5, 5.41) is 60.1. The molecule has 0 saturated carbocycles. The highest BCUT2D eigenvalue weighted by atomic mass is 28.3. The van der Waals surface area contributed by atoms with Crippen molar-refractivity contribution in [1.82, 2.24) is 0 Å². The molecule has 0 bridgehead atoms. The predicted molar refractivity (Wildman–Crippen MR) is 102 cm³/mol.